The quantitative estimate of drug-likeness (QED) is 0.348. The molecule has 72 valence electrons. The van der Waals surface area contributed by atoms with Crippen LogP contribution >= 0.6 is 25.3 Å². The summed E-state index contributed by atoms with van der Waals surface area (Å²) in [6.07, 6.45) is 5.10. The molecule has 0 aliphatic carbocycles. The summed E-state index contributed by atoms with van der Waals surface area (Å²) in [6, 6.07) is 0. The van der Waals surface area contributed by atoms with Gasteiger partial charge < -0.3 is 5.73 Å². The van der Waals surface area contributed by atoms with Gasteiger partial charge in [-0.25, -0.2) is 0 Å². The highest BCUT2D eigenvalue weighted by Gasteiger charge is 2.26. The largest absolute Gasteiger partial charge is 0.368 e. The Kier molecular flexibility index (Phi) is 5.84. The van der Waals surface area contributed by atoms with Gasteiger partial charge in [0.2, 0.25) is 5.91 Å². The molecular formula is C8H17NOS2. The van der Waals surface area contributed by atoms with Crippen molar-refractivity contribution < 1.29 is 4.79 Å². The molecule has 0 radical (unpaired) electrons. The highest BCUT2D eigenvalue weighted by molar-refractivity contribution is 8.01. The summed E-state index contributed by atoms with van der Waals surface area (Å²) in [5.74, 6) is -0.453. The number of rotatable bonds is 6. The molecule has 0 rings (SSSR count). The minimum atomic E-state index is -0.923. The summed E-state index contributed by atoms with van der Waals surface area (Å²) in [5, 5.41) is 0. The fraction of sp³-hybridized carbons (Fsp3) is 0.875. The van der Waals surface area contributed by atoms with E-state index < -0.39 is 9.99 Å². The third kappa shape index (κ3) is 4.93. The van der Waals surface area contributed by atoms with Gasteiger partial charge >= 0.3 is 0 Å². The maximum Gasteiger partial charge on any atom is 0.243 e. The first-order valence-corrected chi connectivity index (χ1v) is 5.15. The molecule has 0 heterocycles. The molecule has 0 aliphatic rings. The second-order valence-electron chi connectivity index (χ2n) is 2.99. The number of hydrogen-bond acceptors (Lipinski definition) is 3. The number of hydrogen-bond donors (Lipinski definition) is 3. The fourth-order valence-electron chi connectivity index (χ4n) is 0.921. The first-order chi connectivity index (χ1) is 5.50. The predicted octanol–water partition coefficient (Wildman–Crippen LogP) is 2.00. The van der Waals surface area contributed by atoms with E-state index in [9.17, 15) is 4.79 Å². The molecule has 0 aliphatic heterocycles. The number of primary amides is 1. The number of carbonyl (C=O) groups excluding carboxylic acids is 1. The molecule has 0 bridgehead atoms. The van der Waals surface area contributed by atoms with Crippen LogP contribution in [0.5, 0.6) is 0 Å². The Hall–Kier alpha value is 0.170. The summed E-state index contributed by atoms with van der Waals surface area (Å²) in [4.78, 5) is 10.8. The molecule has 4 heteroatoms. The van der Waals surface area contributed by atoms with E-state index in [1.54, 1.807) is 0 Å². The standard InChI is InChI=1S/C8H17NOS2/c1-2-3-4-5-6-8(11,12)7(9)10/h11-12H,2-6H2,1H3,(H2,9,10). The summed E-state index contributed by atoms with van der Waals surface area (Å²) in [5.41, 5.74) is 5.09. The lowest BCUT2D eigenvalue weighted by molar-refractivity contribution is -0.118. The molecule has 0 aromatic rings. The first kappa shape index (κ1) is 12.2. The van der Waals surface area contributed by atoms with Gasteiger partial charge in [-0.1, -0.05) is 32.6 Å². The van der Waals surface area contributed by atoms with Gasteiger partial charge in [0, 0.05) is 0 Å². The van der Waals surface area contributed by atoms with Crippen LogP contribution in [-0.2, 0) is 4.79 Å². The van der Waals surface area contributed by atoms with Gasteiger partial charge in [-0.05, 0) is 6.42 Å². The monoisotopic (exact) mass is 207 g/mol. The Morgan fingerprint density at radius 1 is 1.33 bits per heavy atom. The van der Waals surface area contributed by atoms with Crippen LogP contribution in [0.1, 0.15) is 39.0 Å². The number of carbonyl (C=O) groups is 1. The van der Waals surface area contributed by atoms with E-state index >= 15 is 0 Å². The zero-order valence-electron chi connectivity index (χ0n) is 7.42. The van der Waals surface area contributed by atoms with Crippen molar-refractivity contribution in [2.75, 3.05) is 0 Å². The highest BCUT2D eigenvalue weighted by Crippen LogP contribution is 2.26. The molecular weight excluding hydrogens is 190 g/mol. The number of amides is 1. The van der Waals surface area contributed by atoms with Crippen molar-refractivity contribution in [3.8, 4) is 0 Å². The van der Waals surface area contributed by atoms with Gasteiger partial charge in [0.15, 0.2) is 0 Å². The van der Waals surface area contributed by atoms with Crippen molar-refractivity contribution >= 4 is 31.2 Å². The van der Waals surface area contributed by atoms with Crippen molar-refractivity contribution in [1.82, 2.24) is 0 Å². The second-order valence-corrected chi connectivity index (χ2v) is 4.87. The molecule has 0 saturated heterocycles. The lowest BCUT2D eigenvalue weighted by Crippen LogP contribution is -2.33. The van der Waals surface area contributed by atoms with E-state index in [4.69, 9.17) is 5.73 Å². The molecule has 0 atom stereocenters. The lowest BCUT2D eigenvalue weighted by Gasteiger charge is -2.17. The van der Waals surface area contributed by atoms with E-state index in [0.29, 0.717) is 6.42 Å². The average Bonchev–Trinajstić information content (AvgIpc) is 1.98. The van der Waals surface area contributed by atoms with Gasteiger partial charge in [-0.2, -0.15) is 25.3 Å². The maximum absolute atomic E-state index is 10.8. The minimum absolute atomic E-state index is 0.453. The van der Waals surface area contributed by atoms with Gasteiger partial charge in [-0.3, -0.25) is 4.79 Å². The minimum Gasteiger partial charge on any atom is -0.368 e. The van der Waals surface area contributed by atoms with Gasteiger partial charge in [-0.15, -0.1) is 0 Å². The van der Waals surface area contributed by atoms with Crippen molar-refractivity contribution in [3.05, 3.63) is 0 Å². The van der Waals surface area contributed by atoms with Crippen LogP contribution in [-0.4, -0.2) is 9.99 Å². The van der Waals surface area contributed by atoms with E-state index in [0.717, 1.165) is 12.8 Å². The van der Waals surface area contributed by atoms with Crippen molar-refractivity contribution in [2.24, 2.45) is 5.73 Å². The van der Waals surface area contributed by atoms with Crippen LogP contribution < -0.4 is 5.73 Å². The van der Waals surface area contributed by atoms with E-state index in [-0.39, 0.29) is 0 Å². The van der Waals surface area contributed by atoms with E-state index in [1.807, 2.05) is 0 Å². The summed E-state index contributed by atoms with van der Waals surface area (Å²) in [6.45, 7) is 2.14. The molecule has 12 heavy (non-hydrogen) atoms. The Morgan fingerprint density at radius 2 is 1.92 bits per heavy atom. The predicted molar refractivity (Wildman–Crippen MR) is 58.7 cm³/mol. The lowest BCUT2D eigenvalue weighted by atomic mass is 10.1. The fourth-order valence-corrected chi connectivity index (χ4v) is 1.24. The van der Waals surface area contributed by atoms with Crippen LogP contribution in [0.25, 0.3) is 0 Å². The topological polar surface area (TPSA) is 43.1 Å². The first-order valence-electron chi connectivity index (χ1n) is 4.25. The smallest absolute Gasteiger partial charge is 0.243 e. The molecule has 0 spiro atoms. The maximum atomic E-state index is 10.8. The third-order valence-corrected chi connectivity index (χ3v) is 2.66. The molecule has 0 unspecified atom stereocenters. The van der Waals surface area contributed by atoms with Crippen LogP contribution in [0, 0.1) is 0 Å². The molecule has 0 fully saturated rings. The van der Waals surface area contributed by atoms with Gasteiger partial charge in [0.1, 0.15) is 4.08 Å². The van der Waals surface area contributed by atoms with Crippen molar-refractivity contribution in [2.45, 2.75) is 43.1 Å². The molecule has 0 aromatic carbocycles. The number of thiol groups is 2. The summed E-state index contributed by atoms with van der Waals surface area (Å²) < 4.78 is -0.923. The Morgan fingerprint density at radius 3 is 2.33 bits per heavy atom. The van der Waals surface area contributed by atoms with Crippen molar-refractivity contribution in [1.29, 1.82) is 0 Å². The molecule has 0 aromatic heterocycles. The average molecular weight is 207 g/mol. The van der Waals surface area contributed by atoms with Crippen LogP contribution in [0.4, 0.5) is 0 Å². The Bertz CT molecular complexity index is 148. The summed E-state index contributed by atoms with van der Waals surface area (Å²) in [7, 11) is 0. The summed E-state index contributed by atoms with van der Waals surface area (Å²) >= 11 is 8.15. The van der Waals surface area contributed by atoms with Crippen molar-refractivity contribution in [3.63, 3.8) is 0 Å². The molecule has 2 N–H and O–H groups in total. The highest BCUT2D eigenvalue weighted by atomic mass is 32.2. The van der Waals surface area contributed by atoms with E-state index in [1.165, 1.54) is 12.8 Å². The van der Waals surface area contributed by atoms with Gasteiger partial charge in [0.25, 0.3) is 0 Å². The number of nitrogens with two attached hydrogens (primary N) is 1. The molecule has 0 saturated carbocycles. The van der Waals surface area contributed by atoms with Crippen LogP contribution in [0.15, 0.2) is 0 Å². The van der Waals surface area contributed by atoms with Crippen LogP contribution in [0.2, 0.25) is 0 Å². The molecule has 1 amide bonds. The third-order valence-electron chi connectivity index (χ3n) is 1.77. The number of unbranched alkanes of at least 4 members (excludes halogenated alkanes) is 3. The normalized spacial score (nSPS) is 11.6. The zero-order chi connectivity index (χ0) is 9.61. The Balaban J connectivity index is 3.54. The van der Waals surface area contributed by atoms with Crippen LogP contribution in [0.3, 0.4) is 0 Å². The zero-order valence-corrected chi connectivity index (χ0v) is 9.20. The Labute approximate surface area is 85.1 Å². The van der Waals surface area contributed by atoms with E-state index in [2.05, 4.69) is 32.2 Å². The SMILES string of the molecule is CCCCCCC(S)(S)C(N)=O. The second kappa shape index (κ2) is 5.75. The molecule has 2 nitrogen and oxygen atoms in total. The van der Waals surface area contributed by atoms with Gasteiger partial charge in [0.05, 0.1) is 0 Å².